The van der Waals surface area contributed by atoms with Gasteiger partial charge < -0.3 is 5.32 Å². The van der Waals surface area contributed by atoms with Crippen molar-refractivity contribution in [3.05, 3.63) is 78.1 Å². The Morgan fingerprint density at radius 1 is 0.950 bits per heavy atom. The molecule has 0 amide bonds. The summed E-state index contributed by atoms with van der Waals surface area (Å²) in [5, 5.41) is 12.2. The second kappa shape index (κ2) is 5.67. The number of rotatable bonds is 4. The monoisotopic (exact) mass is 264 g/mol. The van der Waals surface area contributed by atoms with Gasteiger partial charge in [-0.1, -0.05) is 48.5 Å². The fraction of sp³-hybridized carbons (Fsp3) is 0.125. The molecule has 0 bridgehead atoms. The van der Waals surface area contributed by atoms with Crippen LogP contribution in [0.1, 0.15) is 17.3 Å². The van der Waals surface area contributed by atoms with E-state index < -0.39 is 0 Å². The molecule has 0 aliphatic heterocycles. The van der Waals surface area contributed by atoms with E-state index in [0.717, 1.165) is 11.4 Å². The van der Waals surface area contributed by atoms with Gasteiger partial charge in [0.05, 0.1) is 17.9 Å². The summed E-state index contributed by atoms with van der Waals surface area (Å²) in [7, 11) is 1.93. The molecule has 100 valence electrons. The van der Waals surface area contributed by atoms with Crippen molar-refractivity contribution in [3.8, 4) is 5.69 Å². The van der Waals surface area contributed by atoms with Crippen molar-refractivity contribution in [3.63, 3.8) is 0 Å². The first-order chi connectivity index (χ1) is 9.88. The van der Waals surface area contributed by atoms with E-state index in [4.69, 9.17) is 0 Å². The Balaban J connectivity index is 1.93. The van der Waals surface area contributed by atoms with E-state index in [-0.39, 0.29) is 6.04 Å². The summed E-state index contributed by atoms with van der Waals surface area (Å²) in [5.74, 6) is 0. The summed E-state index contributed by atoms with van der Waals surface area (Å²) in [5.41, 5.74) is 3.04. The maximum absolute atomic E-state index is 4.57. The zero-order valence-corrected chi connectivity index (χ0v) is 11.3. The third-order valence-electron chi connectivity index (χ3n) is 3.21. The van der Waals surface area contributed by atoms with Crippen LogP contribution in [0.4, 0.5) is 0 Å². The molecule has 0 aliphatic carbocycles. The lowest BCUT2D eigenvalue weighted by atomic mass is 10.1. The highest BCUT2D eigenvalue weighted by molar-refractivity contribution is 5.30. The number of nitrogens with one attached hydrogen (secondary N) is 1. The number of para-hydroxylation sites is 1. The number of aromatic nitrogens is 3. The number of hydrogen-bond acceptors (Lipinski definition) is 3. The molecular formula is C16H16N4. The minimum Gasteiger partial charge on any atom is -0.308 e. The summed E-state index contributed by atoms with van der Waals surface area (Å²) in [6, 6.07) is 20.2. The molecule has 1 aromatic heterocycles. The molecule has 0 spiro atoms. The molecule has 3 rings (SSSR count). The normalized spacial score (nSPS) is 12.2. The van der Waals surface area contributed by atoms with Crippen LogP contribution in [-0.2, 0) is 0 Å². The first-order valence-corrected chi connectivity index (χ1v) is 6.58. The number of benzene rings is 2. The molecule has 20 heavy (non-hydrogen) atoms. The highest BCUT2D eigenvalue weighted by atomic mass is 15.5. The maximum atomic E-state index is 4.57. The molecule has 0 aliphatic rings. The lowest BCUT2D eigenvalue weighted by Crippen LogP contribution is -2.18. The van der Waals surface area contributed by atoms with Crippen LogP contribution in [0.3, 0.4) is 0 Å². The molecule has 1 heterocycles. The fourth-order valence-electron chi connectivity index (χ4n) is 2.22. The van der Waals surface area contributed by atoms with E-state index in [1.807, 2.05) is 55.6 Å². The Labute approximate surface area is 118 Å². The minimum atomic E-state index is 0.0497. The number of hydrogen-bond donors (Lipinski definition) is 1. The van der Waals surface area contributed by atoms with Crippen LogP contribution in [-0.4, -0.2) is 22.0 Å². The van der Waals surface area contributed by atoms with Gasteiger partial charge in [0.15, 0.2) is 0 Å². The van der Waals surface area contributed by atoms with Gasteiger partial charge in [-0.2, -0.15) is 15.0 Å². The van der Waals surface area contributed by atoms with Crippen molar-refractivity contribution in [2.45, 2.75) is 6.04 Å². The van der Waals surface area contributed by atoms with E-state index in [0.29, 0.717) is 0 Å². The Bertz CT molecular complexity index is 661. The van der Waals surface area contributed by atoms with Crippen LogP contribution in [0.25, 0.3) is 5.69 Å². The van der Waals surface area contributed by atoms with E-state index >= 15 is 0 Å². The Hall–Kier alpha value is -2.46. The van der Waals surface area contributed by atoms with Gasteiger partial charge in [-0.05, 0) is 24.7 Å². The Morgan fingerprint density at radius 3 is 2.25 bits per heavy atom. The van der Waals surface area contributed by atoms with E-state index in [1.165, 1.54) is 5.56 Å². The van der Waals surface area contributed by atoms with Gasteiger partial charge in [0, 0.05) is 0 Å². The van der Waals surface area contributed by atoms with Gasteiger partial charge in [0.25, 0.3) is 0 Å². The molecule has 4 nitrogen and oxygen atoms in total. The Morgan fingerprint density at radius 2 is 1.60 bits per heavy atom. The van der Waals surface area contributed by atoms with Crippen molar-refractivity contribution in [1.82, 2.24) is 20.3 Å². The van der Waals surface area contributed by atoms with Gasteiger partial charge in [-0.25, -0.2) is 0 Å². The first-order valence-electron chi connectivity index (χ1n) is 6.58. The zero-order chi connectivity index (χ0) is 13.8. The molecule has 0 fully saturated rings. The van der Waals surface area contributed by atoms with Crippen LogP contribution < -0.4 is 5.32 Å². The van der Waals surface area contributed by atoms with Crippen LogP contribution in [0.5, 0.6) is 0 Å². The molecule has 1 atom stereocenters. The molecule has 1 unspecified atom stereocenters. The van der Waals surface area contributed by atoms with Gasteiger partial charge in [-0.15, -0.1) is 0 Å². The summed E-state index contributed by atoms with van der Waals surface area (Å²) < 4.78 is 0. The van der Waals surface area contributed by atoms with Crippen LogP contribution in [0, 0.1) is 0 Å². The lowest BCUT2D eigenvalue weighted by Gasteiger charge is -2.13. The van der Waals surface area contributed by atoms with Gasteiger partial charge in [0.1, 0.15) is 5.69 Å². The second-order valence-corrected chi connectivity index (χ2v) is 4.53. The van der Waals surface area contributed by atoms with Gasteiger partial charge >= 0.3 is 0 Å². The van der Waals surface area contributed by atoms with Gasteiger partial charge in [-0.3, -0.25) is 0 Å². The number of nitrogens with zero attached hydrogens (tertiary/aromatic N) is 3. The zero-order valence-electron chi connectivity index (χ0n) is 11.3. The third kappa shape index (κ3) is 2.46. The quantitative estimate of drug-likeness (QED) is 0.787. The van der Waals surface area contributed by atoms with Crippen molar-refractivity contribution in [2.24, 2.45) is 0 Å². The molecule has 2 aromatic carbocycles. The molecule has 0 saturated heterocycles. The summed E-state index contributed by atoms with van der Waals surface area (Å²) in [6.07, 6.45) is 1.81. The molecule has 1 N–H and O–H groups in total. The molecule has 3 aromatic rings. The van der Waals surface area contributed by atoms with Crippen molar-refractivity contribution in [1.29, 1.82) is 0 Å². The highest BCUT2D eigenvalue weighted by Gasteiger charge is 2.15. The lowest BCUT2D eigenvalue weighted by molar-refractivity contribution is 0.649. The Kier molecular flexibility index (Phi) is 3.56. The summed E-state index contributed by atoms with van der Waals surface area (Å²) in [4.78, 5) is 1.66. The predicted octanol–water partition coefficient (Wildman–Crippen LogP) is 2.58. The topological polar surface area (TPSA) is 42.7 Å². The predicted molar refractivity (Wildman–Crippen MR) is 78.7 cm³/mol. The smallest absolute Gasteiger partial charge is 0.105 e. The van der Waals surface area contributed by atoms with E-state index in [9.17, 15) is 0 Å². The van der Waals surface area contributed by atoms with Crippen molar-refractivity contribution >= 4 is 0 Å². The van der Waals surface area contributed by atoms with Crippen LogP contribution >= 0.6 is 0 Å². The van der Waals surface area contributed by atoms with Crippen molar-refractivity contribution in [2.75, 3.05) is 7.05 Å². The minimum absolute atomic E-state index is 0.0497. The molecule has 0 radical (unpaired) electrons. The van der Waals surface area contributed by atoms with Crippen molar-refractivity contribution < 1.29 is 0 Å². The van der Waals surface area contributed by atoms with Crippen LogP contribution in [0.2, 0.25) is 0 Å². The van der Waals surface area contributed by atoms with Crippen LogP contribution in [0.15, 0.2) is 66.9 Å². The fourth-order valence-corrected chi connectivity index (χ4v) is 2.22. The largest absolute Gasteiger partial charge is 0.308 e. The highest BCUT2D eigenvalue weighted by Crippen LogP contribution is 2.19. The van der Waals surface area contributed by atoms with Gasteiger partial charge in [0.2, 0.25) is 0 Å². The van der Waals surface area contributed by atoms with E-state index in [2.05, 4.69) is 27.6 Å². The molecule has 4 heteroatoms. The summed E-state index contributed by atoms with van der Waals surface area (Å²) >= 11 is 0. The second-order valence-electron chi connectivity index (χ2n) is 4.53. The van der Waals surface area contributed by atoms with E-state index in [1.54, 1.807) is 11.0 Å². The maximum Gasteiger partial charge on any atom is 0.105 e. The standard InChI is InChI=1S/C16H16N4/c1-17-16(13-8-4-2-5-9-13)15-12-18-20(19-15)14-10-6-3-7-11-14/h2-12,16-17H,1H3. The first kappa shape index (κ1) is 12.6. The third-order valence-corrected chi connectivity index (χ3v) is 3.21. The average Bonchev–Trinajstić information content (AvgIpc) is 3.00. The molecule has 0 saturated carbocycles. The molecular weight excluding hydrogens is 248 g/mol. The summed E-state index contributed by atoms with van der Waals surface area (Å²) in [6.45, 7) is 0. The average molecular weight is 264 g/mol. The SMILES string of the molecule is CNC(c1ccccc1)c1cnn(-c2ccccc2)n1.